The Morgan fingerprint density at radius 2 is 2.33 bits per heavy atom. The predicted octanol–water partition coefficient (Wildman–Crippen LogP) is 2.27. The first-order chi connectivity index (χ1) is 8.61. The minimum absolute atomic E-state index is 0.114. The number of rotatable bonds is 4. The number of methoxy groups -OCH3 is 1. The van der Waals surface area contributed by atoms with Crippen molar-refractivity contribution in [2.75, 3.05) is 7.11 Å². The molecule has 0 fully saturated rings. The molecule has 1 aromatic heterocycles. The van der Waals surface area contributed by atoms with Crippen molar-refractivity contribution in [2.45, 2.75) is 6.42 Å². The van der Waals surface area contributed by atoms with E-state index < -0.39 is 5.97 Å². The Kier molecular flexibility index (Phi) is 3.66. The molecule has 2 aromatic rings. The van der Waals surface area contributed by atoms with Gasteiger partial charge in [-0.2, -0.15) is 5.10 Å². The largest absolute Gasteiger partial charge is 0.481 e. The molecule has 0 aliphatic rings. The summed E-state index contributed by atoms with van der Waals surface area (Å²) >= 11 is 3.38. The number of aliphatic carboxylic acids is 1. The van der Waals surface area contributed by atoms with Gasteiger partial charge in [-0.1, -0.05) is 22.0 Å². The predicted molar refractivity (Wildman–Crippen MR) is 69.2 cm³/mol. The van der Waals surface area contributed by atoms with Crippen molar-refractivity contribution in [1.82, 2.24) is 9.78 Å². The average molecular weight is 311 g/mol. The Balaban J connectivity index is 2.45. The van der Waals surface area contributed by atoms with Gasteiger partial charge in [0.1, 0.15) is 0 Å². The van der Waals surface area contributed by atoms with Crippen molar-refractivity contribution in [3.05, 3.63) is 40.5 Å². The lowest BCUT2D eigenvalue weighted by Gasteiger charge is -2.07. The maximum atomic E-state index is 10.7. The highest BCUT2D eigenvalue weighted by atomic mass is 79.9. The SMILES string of the molecule is COc1c(CC(=O)O)cnn1-c1cccc(Br)c1. The zero-order valence-electron chi connectivity index (χ0n) is 9.63. The molecule has 1 N–H and O–H groups in total. The second-order valence-corrected chi connectivity index (χ2v) is 4.56. The van der Waals surface area contributed by atoms with E-state index in [0.29, 0.717) is 11.4 Å². The molecule has 5 nitrogen and oxygen atoms in total. The van der Waals surface area contributed by atoms with Gasteiger partial charge in [-0.25, -0.2) is 4.68 Å². The molecule has 6 heteroatoms. The van der Waals surface area contributed by atoms with Crippen LogP contribution in [0.1, 0.15) is 5.56 Å². The number of carboxylic acid groups (broad SMARTS) is 1. The third kappa shape index (κ3) is 2.53. The average Bonchev–Trinajstić information content (AvgIpc) is 2.71. The van der Waals surface area contributed by atoms with Gasteiger partial charge in [0.05, 0.1) is 25.4 Å². The first-order valence-corrected chi connectivity index (χ1v) is 5.99. The third-order valence-corrected chi connectivity index (χ3v) is 2.88. The number of benzene rings is 1. The molecule has 1 heterocycles. The fourth-order valence-corrected chi connectivity index (χ4v) is 2.05. The van der Waals surface area contributed by atoms with Crippen LogP contribution < -0.4 is 4.74 Å². The van der Waals surface area contributed by atoms with E-state index in [-0.39, 0.29) is 6.42 Å². The van der Waals surface area contributed by atoms with Crippen LogP contribution in [-0.4, -0.2) is 28.0 Å². The molecule has 0 radical (unpaired) electrons. The molecule has 0 saturated heterocycles. The standard InChI is InChI=1S/C12H11BrN2O3/c1-18-12-8(5-11(16)17)7-14-15(12)10-4-2-3-9(13)6-10/h2-4,6-7H,5H2,1H3,(H,16,17). The van der Waals surface area contributed by atoms with Gasteiger partial charge in [-0.15, -0.1) is 0 Å². The van der Waals surface area contributed by atoms with Gasteiger partial charge >= 0.3 is 5.97 Å². The molecule has 0 bridgehead atoms. The summed E-state index contributed by atoms with van der Waals surface area (Å²) in [6.45, 7) is 0. The highest BCUT2D eigenvalue weighted by molar-refractivity contribution is 9.10. The lowest BCUT2D eigenvalue weighted by molar-refractivity contribution is -0.136. The van der Waals surface area contributed by atoms with Gasteiger partial charge in [0.25, 0.3) is 0 Å². The van der Waals surface area contributed by atoms with Crippen molar-refractivity contribution < 1.29 is 14.6 Å². The van der Waals surface area contributed by atoms with Crippen LogP contribution in [0.25, 0.3) is 5.69 Å². The Morgan fingerprint density at radius 1 is 1.56 bits per heavy atom. The minimum atomic E-state index is -0.915. The van der Waals surface area contributed by atoms with Gasteiger partial charge in [-0.3, -0.25) is 4.79 Å². The van der Waals surface area contributed by atoms with Crippen molar-refractivity contribution in [3.8, 4) is 11.6 Å². The summed E-state index contributed by atoms with van der Waals surface area (Å²) in [7, 11) is 1.50. The molecule has 0 aliphatic carbocycles. The number of hydrogen-bond donors (Lipinski definition) is 1. The second-order valence-electron chi connectivity index (χ2n) is 3.64. The van der Waals surface area contributed by atoms with E-state index in [0.717, 1.165) is 10.2 Å². The zero-order chi connectivity index (χ0) is 13.1. The molecule has 18 heavy (non-hydrogen) atoms. The molecule has 0 aliphatic heterocycles. The van der Waals surface area contributed by atoms with Gasteiger partial charge in [0.15, 0.2) is 0 Å². The van der Waals surface area contributed by atoms with Crippen LogP contribution in [-0.2, 0) is 11.2 Å². The molecule has 0 spiro atoms. The normalized spacial score (nSPS) is 10.3. The summed E-state index contributed by atoms with van der Waals surface area (Å²) < 4.78 is 7.72. The Labute approximate surface area is 112 Å². The van der Waals surface area contributed by atoms with Crippen LogP contribution in [0.2, 0.25) is 0 Å². The van der Waals surface area contributed by atoms with E-state index in [1.165, 1.54) is 13.3 Å². The maximum absolute atomic E-state index is 10.7. The van der Waals surface area contributed by atoms with Crippen LogP contribution in [0.5, 0.6) is 5.88 Å². The van der Waals surface area contributed by atoms with Crippen LogP contribution in [0, 0.1) is 0 Å². The number of halogens is 1. The fourth-order valence-electron chi connectivity index (χ4n) is 1.66. The maximum Gasteiger partial charge on any atom is 0.308 e. The lowest BCUT2D eigenvalue weighted by atomic mass is 10.2. The number of hydrogen-bond acceptors (Lipinski definition) is 3. The second kappa shape index (κ2) is 5.22. The molecular formula is C12H11BrN2O3. The van der Waals surface area contributed by atoms with E-state index in [1.807, 2.05) is 24.3 Å². The van der Waals surface area contributed by atoms with Gasteiger partial charge in [0.2, 0.25) is 5.88 Å². The highest BCUT2D eigenvalue weighted by Gasteiger charge is 2.15. The molecule has 0 amide bonds. The lowest BCUT2D eigenvalue weighted by Crippen LogP contribution is -2.04. The molecule has 0 saturated carbocycles. The fraction of sp³-hybridized carbons (Fsp3) is 0.167. The van der Waals surface area contributed by atoms with Gasteiger partial charge in [-0.05, 0) is 18.2 Å². The van der Waals surface area contributed by atoms with Gasteiger partial charge < -0.3 is 9.84 Å². The van der Waals surface area contributed by atoms with Crippen molar-refractivity contribution >= 4 is 21.9 Å². The van der Waals surface area contributed by atoms with E-state index >= 15 is 0 Å². The Bertz CT molecular complexity index is 580. The number of ether oxygens (including phenoxy) is 1. The highest BCUT2D eigenvalue weighted by Crippen LogP contribution is 2.24. The number of carbonyl (C=O) groups is 1. The Hall–Kier alpha value is -1.82. The topological polar surface area (TPSA) is 64.3 Å². The summed E-state index contributed by atoms with van der Waals surface area (Å²) in [6.07, 6.45) is 1.39. The molecule has 0 atom stereocenters. The summed E-state index contributed by atoms with van der Waals surface area (Å²) in [4.78, 5) is 10.7. The minimum Gasteiger partial charge on any atom is -0.481 e. The smallest absolute Gasteiger partial charge is 0.308 e. The number of carboxylic acids is 1. The Morgan fingerprint density at radius 3 is 2.94 bits per heavy atom. The first kappa shape index (κ1) is 12.6. The van der Waals surface area contributed by atoms with E-state index in [4.69, 9.17) is 9.84 Å². The van der Waals surface area contributed by atoms with Gasteiger partial charge in [0, 0.05) is 10.0 Å². The van der Waals surface area contributed by atoms with Crippen LogP contribution >= 0.6 is 15.9 Å². The quantitative estimate of drug-likeness (QED) is 0.941. The molecule has 0 unspecified atom stereocenters. The molecule has 1 aromatic carbocycles. The summed E-state index contributed by atoms with van der Waals surface area (Å²) in [5.41, 5.74) is 1.35. The summed E-state index contributed by atoms with van der Waals surface area (Å²) in [6, 6.07) is 7.51. The van der Waals surface area contributed by atoms with Crippen molar-refractivity contribution in [1.29, 1.82) is 0 Å². The van der Waals surface area contributed by atoms with E-state index in [1.54, 1.807) is 4.68 Å². The van der Waals surface area contributed by atoms with Crippen LogP contribution in [0.3, 0.4) is 0 Å². The number of aromatic nitrogens is 2. The van der Waals surface area contributed by atoms with Crippen LogP contribution in [0.15, 0.2) is 34.9 Å². The monoisotopic (exact) mass is 310 g/mol. The zero-order valence-corrected chi connectivity index (χ0v) is 11.2. The molecule has 94 valence electrons. The van der Waals surface area contributed by atoms with Crippen molar-refractivity contribution in [3.63, 3.8) is 0 Å². The molecule has 2 rings (SSSR count). The molecular weight excluding hydrogens is 300 g/mol. The van der Waals surface area contributed by atoms with E-state index in [2.05, 4.69) is 21.0 Å². The van der Waals surface area contributed by atoms with Crippen LogP contribution in [0.4, 0.5) is 0 Å². The third-order valence-electron chi connectivity index (χ3n) is 2.38. The van der Waals surface area contributed by atoms with Crippen molar-refractivity contribution in [2.24, 2.45) is 0 Å². The summed E-state index contributed by atoms with van der Waals surface area (Å²) in [5.74, 6) is -0.474. The number of nitrogens with zero attached hydrogens (tertiary/aromatic N) is 2. The first-order valence-electron chi connectivity index (χ1n) is 5.20. The summed E-state index contributed by atoms with van der Waals surface area (Å²) in [5, 5.41) is 13.0. The van der Waals surface area contributed by atoms with E-state index in [9.17, 15) is 4.79 Å².